The molecule has 29 heavy (non-hydrogen) atoms. The molecule has 2 N–H and O–H groups in total. The largest absolute Gasteiger partial charge is 0.491 e. The van der Waals surface area contributed by atoms with Crippen molar-refractivity contribution in [2.24, 2.45) is 0 Å². The Balaban J connectivity index is 1.28. The molecule has 6 nitrogen and oxygen atoms in total. The Labute approximate surface area is 173 Å². The second-order valence-corrected chi connectivity index (χ2v) is 9.07. The summed E-state index contributed by atoms with van der Waals surface area (Å²) in [4.78, 5) is 24.8. The molecule has 0 bridgehead atoms. The van der Waals surface area contributed by atoms with Crippen molar-refractivity contribution in [2.45, 2.75) is 50.8 Å². The van der Waals surface area contributed by atoms with Gasteiger partial charge in [0.1, 0.15) is 29.1 Å². The highest BCUT2D eigenvalue weighted by atomic mass is 32.1. The average molecular weight is 412 g/mol. The molecule has 1 atom stereocenters. The number of nitrogens with zero attached hydrogens (tertiary/aromatic N) is 2. The Morgan fingerprint density at radius 2 is 2.10 bits per heavy atom. The van der Waals surface area contributed by atoms with Crippen LogP contribution in [0.15, 0.2) is 35.1 Å². The molecule has 1 unspecified atom stereocenters. The maximum Gasteiger partial charge on any atom is 0.259 e. The summed E-state index contributed by atoms with van der Waals surface area (Å²) in [5.74, 6) is 1.44. The number of hydrogen-bond acceptors (Lipinski definition) is 6. The van der Waals surface area contributed by atoms with Crippen LogP contribution in [0.5, 0.6) is 5.75 Å². The first kappa shape index (κ1) is 18.8. The van der Waals surface area contributed by atoms with E-state index in [0.717, 1.165) is 48.1 Å². The number of aromatic nitrogens is 2. The van der Waals surface area contributed by atoms with Crippen LogP contribution >= 0.6 is 11.3 Å². The highest BCUT2D eigenvalue weighted by Gasteiger charge is 2.31. The van der Waals surface area contributed by atoms with E-state index >= 15 is 0 Å². The lowest BCUT2D eigenvalue weighted by Crippen LogP contribution is -2.37. The Bertz CT molecular complexity index is 1060. The number of benzene rings is 1. The van der Waals surface area contributed by atoms with E-state index in [0.29, 0.717) is 25.0 Å². The van der Waals surface area contributed by atoms with Crippen LogP contribution in [0.3, 0.4) is 0 Å². The number of aliphatic hydroxyl groups is 1. The molecule has 2 aliphatic rings. The van der Waals surface area contributed by atoms with Gasteiger partial charge in [-0.15, -0.1) is 11.3 Å². The third kappa shape index (κ3) is 4.08. The molecule has 3 aromatic rings. The van der Waals surface area contributed by atoms with Gasteiger partial charge in [0.15, 0.2) is 0 Å². The molecular formula is C22H25N3O3S. The predicted molar refractivity (Wildman–Crippen MR) is 114 cm³/mol. The molecule has 0 aliphatic heterocycles. The molecular weight excluding hydrogens is 386 g/mol. The number of aryl methyl sites for hydroxylation is 2. The summed E-state index contributed by atoms with van der Waals surface area (Å²) >= 11 is 1.67. The van der Waals surface area contributed by atoms with Crippen molar-refractivity contribution in [1.29, 1.82) is 0 Å². The number of aromatic amines is 1. The SMILES string of the molecule is O=c1[nH]c(CN(CC(O)COc2ccccc2)C2CC2)nc2sc3c(c12)CCC3. The molecule has 0 spiro atoms. The number of aliphatic hydroxyl groups excluding tert-OH is 1. The van der Waals surface area contributed by atoms with Crippen LogP contribution in [0, 0.1) is 0 Å². The van der Waals surface area contributed by atoms with E-state index in [-0.39, 0.29) is 12.2 Å². The fourth-order valence-electron chi connectivity index (χ4n) is 4.13. The Morgan fingerprint density at radius 3 is 2.90 bits per heavy atom. The van der Waals surface area contributed by atoms with Gasteiger partial charge in [0.25, 0.3) is 5.56 Å². The number of fused-ring (bicyclic) bond motifs is 3. The first-order valence-electron chi connectivity index (χ1n) is 10.3. The Hall–Kier alpha value is -2.22. The average Bonchev–Trinajstić information content (AvgIpc) is 3.36. The minimum atomic E-state index is -0.600. The van der Waals surface area contributed by atoms with Gasteiger partial charge in [-0.2, -0.15) is 0 Å². The molecule has 1 aromatic carbocycles. The minimum Gasteiger partial charge on any atom is -0.491 e. The lowest BCUT2D eigenvalue weighted by atomic mass is 10.2. The zero-order chi connectivity index (χ0) is 19.8. The zero-order valence-corrected chi connectivity index (χ0v) is 17.1. The minimum absolute atomic E-state index is 0.0203. The van der Waals surface area contributed by atoms with Gasteiger partial charge >= 0.3 is 0 Å². The van der Waals surface area contributed by atoms with Crippen molar-refractivity contribution in [2.75, 3.05) is 13.2 Å². The van der Waals surface area contributed by atoms with Crippen molar-refractivity contribution in [1.82, 2.24) is 14.9 Å². The summed E-state index contributed by atoms with van der Waals surface area (Å²) in [6, 6.07) is 9.97. The fourth-order valence-corrected chi connectivity index (χ4v) is 5.41. The van der Waals surface area contributed by atoms with E-state index in [2.05, 4.69) is 9.88 Å². The van der Waals surface area contributed by atoms with Gasteiger partial charge in [-0.3, -0.25) is 9.69 Å². The van der Waals surface area contributed by atoms with E-state index in [1.807, 2.05) is 30.3 Å². The summed E-state index contributed by atoms with van der Waals surface area (Å²) in [6.07, 6.45) is 4.82. The van der Waals surface area contributed by atoms with Gasteiger partial charge in [-0.25, -0.2) is 4.98 Å². The van der Waals surface area contributed by atoms with Crippen LogP contribution in [0.4, 0.5) is 0 Å². The van der Waals surface area contributed by atoms with E-state index in [4.69, 9.17) is 9.72 Å². The first-order chi connectivity index (χ1) is 14.2. The Kier molecular flexibility index (Phi) is 5.11. The molecule has 0 saturated heterocycles. The quantitative estimate of drug-likeness (QED) is 0.596. The van der Waals surface area contributed by atoms with Crippen molar-refractivity contribution >= 4 is 21.6 Å². The molecule has 2 aliphatic carbocycles. The van der Waals surface area contributed by atoms with E-state index in [9.17, 15) is 9.90 Å². The first-order valence-corrected chi connectivity index (χ1v) is 11.1. The van der Waals surface area contributed by atoms with Gasteiger partial charge in [0.2, 0.25) is 0 Å². The van der Waals surface area contributed by atoms with Gasteiger partial charge in [0, 0.05) is 17.5 Å². The van der Waals surface area contributed by atoms with Crippen molar-refractivity contribution in [3.8, 4) is 5.75 Å². The lowest BCUT2D eigenvalue weighted by Gasteiger charge is -2.24. The van der Waals surface area contributed by atoms with Crippen LogP contribution < -0.4 is 10.3 Å². The third-order valence-electron chi connectivity index (χ3n) is 5.67. The monoisotopic (exact) mass is 411 g/mol. The summed E-state index contributed by atoms with van der Waals surface area (Å²) in [5.41, 5.74) is 1.19. The number of H-pyrrole nitrogens is 1. The summed E-state index contributed by atoms with van der Waals surface area (Å²) < 4.78 is 5.68. The topological polar surface area (TPSA) is 78.5 Å². The lowest BCUT2D eigenvalue weighted by molar-refractivity contribution is 0.0617. The predicted octanol–water partition coefficient (Wildman–Crippen LogP) is 2.88. The van der Waals surface area contributed by atoms with Gasteiger partial charge in [-0.1, -0.05) is 18.2 Å². The smallest absolute Gasteiger partial charge is 0.259 e. The van der Waals surface area contributed by atoms with Gasteiger partial charge in [0.05, 0.1) is 11.9 Å². The third-order valence-corrected chi connectivity index (χ3v) is 6.86. The second kappa shape index (κ2) is 7.89. The number of rotatable bonds is 8. The summed E-state index contributed by atoms with van der Waals surface area (Å²) in [6.45, 7) is 1.29. The zero-order valence-electron chi connectivity index (χ0n) is 16.3. The van der Waals surface area contributed by atoms with E-state index < -0.39 is 6.10 Å². The van der Waals surface area contributed by atoms with Gasteiger partial charge < -0.3 is 14.8 Å². The number of hydrogen-bond donors (Lipinski definition) is 2. The second-order valence-electron chi connectivity index (χ2n) is 7.99. The molecule has 7 heteroatoms. The number of para-hydroxylation sites is 1. The van der Waals surface area contributed by atoms with E-state index in [1.54, 1.807) is 11.3 Å². The highest BCUT2D eigenvalue weighted by molar-refractivity contribution is 7.18. The van der Waals surface area contributed by atoms with Crippen molar-refractivity contribution < 1.29 is 9.84 Å². The molecule has 0 radical (unpaired) electrons. The van der Waals surface area contributed by atoms with E-state index in [1.165, 1.54) is 10.4 Å². The van der Waals surface area contributed by atoms with Crippen LogP contribution in [-0.2, 0) is 19.4 Å². The fraction of sp³-hybridized carbons (Fsp3) is 0.455. The van der Waals surface area contributed by atoms with Crippen LogP contribution in [0.1, 0.15) is 35.5 Å². The number of thiophene rings is 1. The molecule has 0 amide bonds. The summed E-state index contributed by atoms with van der Waals surface area (Å²) in [5, 5.41) is 11.3. The standard InChI is InChI=1S/C22H25N3O3S/c26-15(13-28-16-5-2-1-3-6-16)11-25(14-9-10-14)12-19-23-21(27)20-17-7-4-8-18(17)29-22(20)24-19/h1-3,5-6,14-15,26H,4,7-13H2,(H,23,24,27). The van der Waals surface area contributed by atoms with Crippen LogP contribution in [0.2, 0.25) is 0 Å². The molecule has 152 valence electrons. The molecule has 2 heterocycles. The van der Waals surface area contributed by atoms with Crippen LogP contribution in [-0.4, -0.2) is 45.3 Å². The maximum atomic E-state index is 12.7. The Morgan fingerprint density at radius 1 is 1.28 bits per heavy atom. The maximum absolute atomic E-state index is 12.7. The molecule has 2 aromatic heterocycles. The summed E-state index contributed by atoms with van der Waals surface area (Å²) in [7, 11) is 0. The number of ether oxygens (including phenoxy) is 1. The van der Waals surface area contributed by atoms with Crippen LogP contribution in [0.25, 0.3) is 10.2 Å². The van der Waals surface area contributed by atoms with Crippen molar-refractivity contribution in [3.63, 3.8) is 0 Å². The normalized spacial score (nSPS) is 17.0. The van der Waals surface area contributed by atoms with Crippen molar-refractivity contribution in [3.05, 3.63) is 57.0 Å². The molecule has 5 rings (SSSR count). The van der Waals surface area contributed by atoms with Gasteiger partial charge in [-0.05, 0) is 49.8 Å². The highest BCUT2D eigenvalue weighted by Crippen LogP contribution is 2.35. The molecule has 1 saturated carbocycles. The number of nitrogens with one attached hydrogen (secondary N) is 1. The molecule has 1 fully saturated rings.